The van der Waals surface area contributed by atoms with Gasteiger partial charge < -0.3 is 15.4 Å². The number of hydrogen-bond acceptors (Lipinski definition) is 5. The molecule has 0 unspecified atom stereocenters. The van der Waals surface area contributed by atoms with E-state index in [1.807, 2.05) is 5.38 Å². The first-order valence-electron chi connectivity index (χ1n) is 9.64. The lowest BCUT2D eigenvalue weighted by Crippen LogP contribution is -2.47. The van der Waals surface area contributed by atoms with Crippen molar-refractivity contribution in [3.63, 3.8) is 0 Å². The first-order chi connectivity index (χ1) is 13.1. The Kier molecular flexibility index (Phi) is 8.89. The number of halogens is 1. The first-order valence-corrected chi connectivity index (χ1v) is 10.5. The maximum absolute atomic E-state index is 12.4. The second-order valence-electron chi connectivity index (χ2n) is 7.33. The number of hydrogen-bond donors (Lipinski definition) is 2. The molecule has 0 radical (unpaired) electrons. The maximum Gasteiger partial charge on any atom is 0.226 e. The van der Waals surface area contributed by atoms with Crippen LogP contribution in [0.15, 0.2) is 29.6 Å². The molecule has 1 aliphatic rings. The van der Waals surface area contributed by atoms with E-state index in [1.165, 1.54) is 5.56 Å². The number of thiazole rings is 1. The molecule has 0 atom stereocenters. The van der Waals surface area contributed by atoms with Gasteiger partial charge in [-0.25, -0.2) is 4.98 Å². The highest BCUT2D eigenvalue weighted by molar-refractivity contribution is 7.13. The minimum absolute atomic E-state index is 0. The number of carbonyl (C=O) groups excluding carboxylic acids is 1. The molecule has 3 rings (SSSR count). The van der Waals surface area contributed by atoms with Gasteiger partial charge in [0, 0.05) is 30.0 Å². The van der Waals surface area contributed by atoms with Crippen LogP contribution in [0, 0.1) is 5.41 Å². The highest BCUT2D eigenvalue weighted by Crippen LogP contribution is 2.28. The summed E-state index contributed by atoms with van der Waals surface area (Å²) in [6.45, 7) is 5.45. The molecule has 1 aliphatic heterocycles. The zero-order valence-electron chi connectivity index (χ0n) is 16.6. The van der Waals surface area contributed by atoms with Gasteiger partial charge >= 0.3 is 0 Å². The van der Waals surface area contributed by atoms with Gasteiger partial charge in [0.25, 0.3) is 0 Å². The summed E-state index contributed by atoms with van der Waals surface area (Å²) in [5.74, 6) is 0.0298. The van der Waals surface area contributed by atoms with Gasteiger partial charge in [-0.3, -0.25) is 4.79 Å². The van der Waals surface area contributed by atoms with E-state index in [2.05, 4.69) is 46.8 Å². The SMILES string of the molecule is CCc1ccc(-c2nc(CC(=O)NCC3(COC)CCNCC3)cs2)cc1.Cl. The van der Waals surface area contributed by atoms with Gasteiger partial charge in [0.2, 0.25) is 5.91 Å². The van der Waals surface area contributed by atoms with Gasteiger partial charge in [0.15, 0.2) is 0 Å². The molecule has 28 heavy (non-hydrogen) atoms. The molecule has 0 bridgehead atoms. The van der Waals surface area contributed by atoms with Gasteiger partial charge in [0.05, 0.1) is 18.7 Å². The number of nitrogens with one attached hydrogen (secondary N) is 2. The van der Waals surface area contributed by atoms with Crippen molar-refractivity contribution >= 4 is 29.7 Å². The van der Waals surface area contributed by atoms with Crippen molar-refractivity contribution in [1.82, 2.24) is 15.6 Å². The number of piperidine rings is 1. The highest BCUT2D eigenvalue weighted by atomic mass is 35.5. The van der Waals surface area contributed by atoms with Crippen molar-refractivity contribution in [3.8, 4) is 10.6 Å². The Hall–Kier alpha value is -1.47. The Morgan fingerprint density at radius 2 is 2.00 bits per heavy atom. The van der Waals surface area contributed by atoms with Gasteiger partial charge in [-0.05, 0) is 37.9 Å². The van der Waals surface area contributed by atoms with Crippen molar-refractivity contribution in [2.75, 3.05) is 33.4 Å². The molecule has 2 heterocycles. The zero-order valence-corrected chi connectivity index (χ0v) is 18.3. The van der Waals surface area contributed by atoms with Crippen LogP contribution in [0.2, 0.25) is 0 Å². The van der Waals surface area contributed by atoms with E-state index in [0.29, 0.717) is 19.6 Å². The molecule has 7 heteroatoms. The molecular formula is C21H30ClN3O2S. The van der Waals surface area contributed by atoms with Crippen LogP contribution in [0.3, 0.4) is 0 Å². The van der Waals surface area contributed by atoms with Crippen molar-refractivity contribution in [2.45, 2.75) is 32.6 Å². The van der Waals surface area contributed by atoms with Crippen molar-refractivity contribution in [3.05, 3.63) is 40.9 Å². The molecule has 5 nitrogen and oxygen atoms in total. The van der Waals surface area contributed by atoms with Gasteiger partial charge in [0.1, 0.15) is 5.01 Å². The fraction of sp³-hybridized carbons (Fsp3) is 0.524. The minimum Gasteiger partial charge on any atom is -0.384 e. The molecule has 154 valence electrons. The smallest absolute Gasteiger partial charge is 0.226 e. The molecule has 1 aromatic heterocycles. The van der Waals surface area contributed by atoms with E-state index in [1.54, 1.807) is 18.4 Å². The summed E-state index contributed by atoms with van der Waals surface area (Å²) in [5, 5.41) is 9.43. The number of methoxy groups -OCH3 is 1. The van der Waals surface area contributed by atoms with Crippen molar-refractivity contribution in [2.24, 2.45) is 5.41 Å². The lowest BCUT2D eigenvalue weighted by Gasteiger charge is -2.37. The molecule has 0 saturated carbocycles. The summed E-state index contributed by atoms with van der Waals surface area (Å²) in [6, 6.07) is 8.48. The minimum atomic E-state index is 0. The molecule has 0 aliphatic carbocycles. The van der Waals surface area contributed by atoms with E-state index >= 15 is 0 Å². The molecular weight excluding hydrogens is 394 g/mol. The van der Waals surface area contributed by atoms with E-state index in [-0.39, 0.29) is 23.7 Å². The molecule has 0 spiro atoms. The quantitative estimate of drug-likeness (QED) is 0.682. The molecule has 2 N–H and O–H groups in total. The van der Waals surface area contributed by atoms with E-state index in [9.17, 15) is 4.79 Å². The Bertz CT molecular complexity index is 737. The maximum atomic E-state index is 12.4. The summed E-state index contributed by atoms with van der Waals surface area (Å²) in [5.41, 5.74) is 3.30. The monoisotopic (exact) mass is 423 g/mol. The Morgan fingerprint density at radius 1 is 1.29 bits per heavy atom. The third-order valence-electron chi connectivity index (χ3n) is 5.28. The number of benzene rings is 1. The van der Waals surface area contributed by atoms with E-state index < -0.39 is 0 Å². The predicted octanol–water partition coefficient (Wildman–Crippen LogP) is 3.47. The summed E-state index contributed by atoms with van der Waals surface area (Å²) >= 11 is 1.59. The number of carbonyl (C=O) groups is 1. The van der Waals surface area contributed by atoms with Crippen LogP contribution in [0.25, 0.3) is 10.6 Å². The average Bonchev–Trinajstić information content (AvgIpc) is 3.16. The molecule has 1 aromatic carbocycles. The predicted molar refractivity (Wildman–Crippen MR) is 117 cm³/mol. The molecule has 1 saturated heterocycles. The number of aromatic nitrogens is 1. The fourth-order valence-corrected chi connectivity index (χ4v) is 4.38. The number of nitrogens with zero attached hydrogens (tertiary/aromatic N) is 1. The van der Waals surface area contributed by atoms with Crippen LogP contribution in [0.5, 0.6) is 0 Å². The number of aryl methyl sites for hydroxylation is 1. The lowest BCUT2D eigenvalue weighted by atomic mass is 9.79. The standard InChI is InChI=1S/C21H29N3O2S.ClH/c1-3-16-4-6-17(7-5-16)20-24-18(13-27-20)12-19(25)23-14-21(15-26-2)8-10-22-11-9-21;/h4-7,13,22H,3,8-12,14-15H2,1-2H3,(H,23,25);1H. The second kappa shape index (κ2) is 10.9. The summed E-state index contributed by atoms with van der Waals surface area (Å²) < 4.78 is 5.41. The van der Waals surface area contributed by atoms with Crippen molar-refractivity contribution in [1.29, 1.82) is 0 Å². The van der Waals surface area contributed by atoms with E-state index in [0.717, 1.165) is 48.6 Å². The third kappa shape index (κ3) is 6.01. The molecule has 1 amide bonds. The zero-order chi connectivity index (χ0) is 19.1. The van der Waals surface area contributed by atoms with Gasteiger partial charge in [-0.1, -0.05) is 31.2 Å². The number of rotatable bonds is 8. The normalized spacial score (nSPS) is 15.6. The Balaban J connectivity index is 0.00000280. The molecule has 2 aromatic rings. The third-order valence-corrected chi connectivity index (χ3v) is 6.22. The molecule has 1 fully saturated rings. The summed E-state index contributed by atoms with van der Waals surface area (Å²) in [6.07, 6.45) is 3.40. The first kappa shape index (κ1) is 22.8. The highest BCUT2D eigenvalue weighted by Gasteiger charge is 2.32. The van der Waals surface area contributed by atoms with E-state index in [4.69, 9.17) is 4.74 Å². The Morgan fingerprint density at radius 3 is 2.64 bits per heavy atom. The number of ether oxygens (including phenoxy) is 1. The van der Waals surface area contributed by atoms with Crippen LogP contribution in [-0.2, 0) is 22.4 Å². The van der Waals surface area contributed by atoms with Crippen LogP contribution < -0.4 is 10.6 Å². The van der Waals surface area contributed by atoms with Crippen LogP contribution in [0.1, 0.15) is 31.0 Å². The number of amides is 1. The largest absolute Gasteiger partial charge is 0.384 e. The van der Waals surface area contributed by atoms with Crippen LogP contribution in [0.4, 0.5) is 0 Å². The summed E-state index contributed by atoms with van der Waals surface area (Å²) in [4.78, 5) is 17.1. The lowest BCUT2D eigenvalue weighted by molar-refractivity contribution is -0.121. The van der Waals surface area contributed by atoms with Gasteiger partial charge in [-0.15, -0.1) is 23.7 Å². The van der Waals surface area contributed by atoms with Gasteiger partial charge in [-0.2, -0.15) is 0 Å². The fourth-order valence-electron chi connectivity index (χ4n) is 3.55. The van der Waals surface area contributed by atoms with Crippen LogP contribution in [-0.4, -0.2) is 44.2 Å². The second-order valence-corrected chi connectivity index (χ2v) is 8.19. The summed E-state index contributed by atoms with van der Waals surface area (Å²) in [7, 11) is 1.73. The van der Waals surface area contributed by atoms with Crippen molar-refractivity contribution < 1.29 is 9.53 Å². The Labute approximate surface area is 177 Å². The average molecular weight is 424 g/mol. The topological polar surface area (TPSA) is 63.2 Å². The van der Waals surface area contributed by atoms with Crippen LogP contribution >= 0.6 is 23.7 Å².